The maximum absolute atomic E-state index is 12.5. The van der Waals surface area contributed by atoms with Crippen LogP contribution in [0.5, 0.6) is 5.75 Å². The number of benzene rings is 2. The molecular weight excluding hydrogens is 456 g/mol. The Morgan fingerprint density at radius 2 is 2.06 bits per heavy atom. The minimum Gasteiger partial charge on any atom is -0.496 e. The number of amides is 1. The van der Waals surface area contributed by atoms with Crippen molar-refractivity contribution in [1.29, 1.82) is 0 Å². The van der Waals surface area contributed by atoms with Crippen LogP contribution in [0.3, 0.4) is 0 Å². The number of hydrogen-bond acceptors (Lipinski definition) is 4. The fourth-order valence-corrected chi connectivity index (χ4v) is 4.04. The van der Waals surface area contributed by atoms with Crippen LogP contribution < -0.4 is 10.1 Å². The molecule has 2 heterocycles. The Labute approximate surface area is 188 Å². The highest BCUT2D eigenvalue weighted by molar-refractivity contribution is 9.10. The zero-order valence-electron chi connectivity index (χ0n) is 17.4. The van der Waals surface area contributed by atoms with E-state index in [2.05, 4.69) is 26.2 Å². The number of anilines is 1. The summed E-state index contributed by atoms with van der Waals surface area (Å²) in [5.41, 5.74) is 5.94. The minimum atomic E-state index is -0.232. The molecule has 6 heteroatoms. The number of methoxy groups -OCH3 is 1. The predicted octanol–water partition coefficient (Wildman–Crippen LogP) is 6.62. The van der Waals surface area contributed by atoms with E-state index in [9.17, 15) is 4.79 Å². The third kappa shape index (κ3) is 4.25. The maximum atomic E-state index is 12.5. The molecule has 0 spiro atoms. The van der Waals surface area contributed by atoms with Crippen LogP contribution in [-0.4, -0.2) is 18.0 Å². The monoisotopic (exact) mass is 476 g/mol. The van der Waals surface area contributed by atoms with Crippen molar-refractivity contribution in [3.8, 4) is 16.9 Å². The first-order chi connectivity index (χ1) is 15.0. The molecule has 0 fully saturated rings. The van der Waals surface area contributed by atoms with E-state index in [0.717, 1.165) is 43.3 Å². The van der Waals surface area contributed by atoms with Crippen LogP contribution in [0.25, 0.3) is 27.7 Å². The molecule has 0 unspecified atom stereocenters. The first-order valence-electron chi connectivity index (χ1n) is 9.72. The summed E-state index contributed by atoms with van der Waals surface area (Å²) in [6, 6.07) is 13.6. The van der Waals surface area contributed by atoms with E-state index >= 15 is 0 Å². The van der Waals surface area contributed by atoms with Crippen LogP contribution in [0.2, 0.25) is 0 Å². The van der Waals surface area contributed by atoms with Crippen molar-refractivity contribution in [2.75, 3.05) is 12.4 Å². The Morgan fingerprint density at radius 1 is 1.23 bits per heavy atom. The van der Waals surface area contributed by atoms with Gasteiger partial charge in [-0.15, -0.1) is 0 Å². The summed E-state index contributed by atoms with van der Waals surface area (Å²) >= 11 is 3.53. The number of hydrogen-bond donors (Lipinski definition) is 1. The van der Waals surface area contributed by atoms with E-state index in [1.165, 1.54) is 0 Å². The van der Waals surface area contributed by atoms with Crippen LogP contribution >= 0.6 is 15.9 Å². The molecule has 5 nitrogen and oxygen atoms in total. The van der Waals surface area contributed by atoms with Crippen molar-refractivity contribution in [1.82, 2.24) is 4.98 Å². The van der Waals surface area contributed by atoms with Gasteiger partial charge in [0.1, 0.15) is 11.3 Å². The Hall–Kier alpha value is -3.38. The summed E-state index contributed by atoms with van der Waals surface area (Å²) in [5, 5.41) is 3.79. The van der Waals surface area contributed by atoms with Crippen LogP contribution in [0, 0.1) is 6.92 Å². The normalized spacial score (nSPS) is 11.5. The predicted molar refractivity (Wildman–Crippen MR) is 127 cm³/mol. The highest BCUT2D eigenvalue weighted by atomic mass is 79.9. The van der Waals surface area contributed by atoms with Gasteiger partial charge in [0.2, 0.25) is 5.91 Å². The number of pyridine rings is 1. The standard InChI is InChI=1S/C25H21BrN2O3/c1-15(10-23(29)28-19-8-5-9-27-13-19)20-12-21-22(17-6-4-7-18(26)11-17)14-31-25(21)16(2)24(20)30-3/h4-14H,1-3H3,(H,28,29)/b15-10+. The lowest BCUT2D eigenvalue weighted by molar-refractivity contribution is -0.111. The second-order valence-corrected chi connectivity index (χ2v) is 8.09. The van der Waals surface area contributed by atoms with Gasteiger partial charge < -0.3 is 14.5 Å². The number of furan rings is 1. The fourth-order valence-electron chi connectivity index (χ4n) is 3.64. The average molecular weight is 477 g/mol. The molecule has 1 N–H and O–H groups in total. The summed E-state index contributed by atoms with van der Waals surface area (Å²) < 4.78 is 12.6. The number of carbonyl (C=O) groups is 1. The van der Waals surface area contributed by atoms with Crippen LogP contribution in [-0.2, 0) is 4.79 Å². The molecule has 0 aliphatic rings. The second kappa shape index (κ2) is 8.78. The first-order valence-corrected chi connectivity index (χ1v) is 10.5. The third-order valence-corrected chi connectivity index (χ3v) is 5.58. The number of nitrogens with one attached hydrogen (secondary N) is 1. The molecule has 0 saturated heterocycles. The summed E-state index contributed by atoms with van der Waals surface area (Å²) in [7, 11) is 1.62. The zero-order valence-corrected chi connectivity index (χ0v) is 19.0. The molecule has 0 atom stereocenters. The van der Waals surface area contributed by atoms with Crippen molar-refractivity contribution in [3.63, 3.8) is 0 Å². The zero-order chi connectivity index (χ0) is 22.0. The summed E-state index contributed by atoms with van der Waals surface area (Å²) in [6.07, 6.45) is 6.59. The minimum absolute atomic E-state index is 0.232. The van der Waals surface area contributed by atoms with Gasteiger partial charge >= 0.3 is 0 Å². The summed E-state index contributed by atoms with van der Waals surface area (Å²) in [6.45, 7) is 3.85. The largest absolute Gasteiger partial charge is 0.496 e. The maximum Gasteiger partial charge on any atom is 0.248 e. The number of ether oxygens (including phenoxy) is 1. The van der Waals surface area contributed by atoms with Gasteiger partial charge in [-0.05, 0) is 55.3 Å². The summed E-state index contributed by atoms with van der Waals surface area (Å²) in [5.74, 6) is 0.454. The lowest BCUT2D eigenvalue weighted by Gasteiger charge is -2.13. The molecule has 0 aliphatic heterocycles. The molecule has 0 saturated carbocycles. The number of aromatic nitrogens is 1. The van der Waals surface area contributed by atoms with E-state index < -0.39 is 0 Å². The van der Waals surface area contributed by atoms with Gasteiger partial charge in [0, 0.05) is 38.8 Å². The Morgan fingerprint density at radius 3 is 2.77 bits per heavy atom. The molecule has 1 amide bonds. The SMILES string of the molecule is COc1c(/C(C)=C/C(=O)Nc2cccnc2)cc2c(-c3cccc(Br)c3)coc2c1C. The Kier molecular flexibility index (Phi) is 5.91. The van der Waals surface area contributed by atoms with Gasteiger partial charge in [0.25, 0.3) is 0 Å². The van der Waals surface area contributed by atoms with E-state index in [1.54, 1.807) is 44.0 Å². The number of nitrogens with zero attached hydrogens (tertiary/aromatic N) is 1. The molecule has 2 aromatic heterocycles. The van der Waals surface area contributed by atoms with Crippen molar-refractivity contribution < 1.29 is 13.9 Å². The molecule has 2 aromatic carbocycles. The van der Waals surface area contributed by atoms with Gasteiger partial charge in [-0.1, -0.05) is 28.1 Å². The Bertz CT molecular complexity index is 1290. The molecule has 31 heavy (non-hydrogen) atoms. The molecule has 156 valence electrons. The molecule has 0 radical (unpaired) electrons. The van der Waals surface area contributed by atoms with E-state index in [4.69, 9.17) is 9.15 Å². The third-order valence-electron chi connectivity index (χ3n) is 5.09. The quantitative estimate of drug-likeness (QED) is 0.328. The molecule has 4 rings (SSSR count). The van der Waals surface area contributed by atoms with E-state index in [0.29, 0.717) is 11.4 Å². The Balaban J connectivity index is 1.79. The average Bonchev–Trinajstić information content (AvgIpc) is 3.18. The fraction of sp³-hybridized carbons (Fsp3) is 0.120. The highest BCUT2D eigenvalue weighted by Crippen LogP contribution is 2.40. The number of aryl methyl sites for hydroxylation is 1. The first kappa shape index (κ1) is 20.9. The second-order valence-electron chi connectivity index (χ2n) is 7.18. The molecule has 0 aliphatic carbocycles. The number of fused-ring (bicyclic) bond motifs is 1. The van der Waals surface area contributed by atoms with Gasteiger partial charge in [0.15, 0.2) is 0 Å². The van der Waals surface area contributed by atoms with Crippen molar-refractivity contribution in [2.24, 2.45) is 0 Å². The number of carbonyl (C=O) groups excluding carboxylic acids is 1. The van der Waals surface area contributed by atoms with Crippen LogP contribution in [0.4, 0.5) is 5.69 Å². The van der Waals surface area contributed by atoms with Crippen molar-refractivity contribution in [3.05, 3.63) is 82.8 Å². The van der Waals surface area contributed by atoms with E-state index in [-0.39, 0.29) is 5.91 Å². The highest BCUT2D eigenvalue weighted by Gasteiger charge is 2.19. The van der Waals surface area contributed by atoms with Gasteiger partial charge in [-0.3, -0.25) is 9.78 Å². The van der Waals surface area contributed by atoms with Crippen molar-refractivity contribution in [2.45, 2.75) is 13.8 Å². The molecule has 4 aromatic rings. The van der Waals surface area contributed by atoms with E-state index in [1.807, 2.05) is 44.2 Å². The molecule has 0 bridgehead atoms. The van der Waals surface area contributed by atoms with Crippen LogP contribution in [0.1, 0.15) is 18.1 Å². The van der Waals surface area contributed by atoms with Gasteiger partial charge in [-0.2, -0.15) is 0 Å². The summed E-state index contributed by atoms with van der Waals surface area (Å²) in [4.78, 5) is 16.6. The topological polar surface area (TPSA) is 64.4 Å². The van der Waals surface area contributed by atoms with Gasteiger partial charge in [0.05, 0.1) is 25.3 Å². The number of allylic oxidation sites excluding steroid dienone is 1. The molecular formula is C25H21BrN2O3. The number of rotatable bonds is 5. The van der Waals surface area contributed by atoms with Crippen molar-refractivity contribution >= 4 is 44.1 Å². The van der Waals surface area contributed by atoms with Crippen LogP contribution in [0.15, 0.2) is 76.1 Å². The lowest BCUT2D eigenvalue weighted by atomic mass is 9.96. The smallest absolute Gasteiger partial charge is 0.248 e. The lowest BCUT2D eigenvalue weighted by Crippen LogP contribution is -2.08. The number of halogens is 1. The van der Waals surface area contributed by atoms with Gasteiger partial charge in [-0.25, -0.2) is 0 Å².